The number of piperazine rings is 2. The number of fused-ring (bicyclic) bond motifs is 1. The van der Waals surface area contributed by atoms with Crippen LogP contribution < -0.4 is 20.9 Å². The van der Waals surface area contributed by atoms with Gasteiger partial charge in [0.2, 0.25) is 17.7 Å². The van der Waals surface area contributed by atoms with Crippen LogP contribution >= 0.6 is 0 Å². The summed E-state index contributed by atoms with van der Waals surface area (Å²) in [6.07, 6.45) is 12.2. The summed E-state index contributed by atoms with van der Waals surface area (Å²) in [6.45, 7) is 11.2. The molecule has 81 heavy (non-hydrogen) atoms. The van der Waals surface area contributed by atoms with Gasteiger partial charge in [0.05, 0.1) is 48.2 Å². The number of hydrogen-bond donors (Lipinski definition) is 3. The van der Waals surface area contributed by atoms with Gasteiger partial charge >= 0.3 is 0 Å². The van der Waals surface area contributed by atoms with E-state index < -0.39 is 17.8 Å². The fourth-order valence-corrected chi connectivity index (χ4v) is 12.6. The van der Waals surface area contributed by atoms with Crippen LogP contribution in [0.3, 0.4) is 0 Å². The molecule has 3 aromatic carbocycles. The van der Waals surface area contributed by atoms with Gasteiger partial charge in [-0.25, -0.2) is 19.5 Å². The second-order valence-corrected chi connectivity index (χ2v) is 22.6. The maximum Gasteiger partial charge on any atom is 0.272 e. The molecule has 5 fully saturated rings. The molecule has 2 aromatic heterocycles. The number of piperidine rings is 2. The Morgan fingerprint density at radius 3 is 2.27 bits per heavy atom. The van der Waals surface area contributed by atoms with Crippen molar-refractivity contribution in [3.05, 3.63) is 129 Å². The Kier molecular flexibility index (Phi) is 19.1. The lowest BCUT2D eigenvalue weighted by Gasteiger charge is -2.41. The predicted molar refractivity (Wildman–Crippen MR) is 304 cm³/mol. The fourth-order valence-electron chi connectivity index (χ4n) is 12.6. The summed E-state index contributed by atoms with van der Waals surface area (Å²) in [6, 6.07) is 18.8. The van der Waals surface area contributed by atoms with Crippen LogP contribution in [0.1, 0.15) is 114 Å². The first-order chi connectivity index (χ1) is 39.5. The summed E-state index contributed by atoms with van der Waals surface area (Å²) in [5, 5.41) is 14.5. The van der Waals surface area contributed by atoms with Gasteiger partial charge in [-0.1, -0.05) is 55.7 Å². The largest absolute Gasteiger partial charge is 0.490 e. The molecule has 3 N–H and O–H groups in total. The number of nitrogens with one attached hydrogen (secondary N) is 3. The average Bonchev–Trinajstić information content (AvgIpc) is 3.58. The first-order valence-corrected chi connectivity index (χ1v) is 29.3. The van der Waals surface area contributed by atoms with Gasteiger partial charge in [0.25, 0.3) is 17.4 Å². The highest BCUT2D eigenvalue weighted by Gasteiger charge is 2.37. The Morgan fingerprint density at radius 1 is 0.741 bits per heavy atom. The van der Waals surface area contributed by atoms with E-state index in [1.54, 1.807) is 40.3 Å². The average molecular weight is 1110 g/mol. The SMILES string of the molecule is CCOc1cncnc1CNCC(=O)N1CCCC(c2cccc(C(=O)NC(C(=O)N3CCN(CC4CCN(CC(=O)N5CCN(C(=O)c6cc(Cc7n[nH]c(=O)c8ccccc78)ccc6F)CC5)CC4)CC3)C3CCCCC3)c2)C1. The third-order valence-corrected chi connectivity index (χ3v) is 17.3. The molecule has 4 aliphatic heterocycles. The van der Waals surface area contributed by atoms with Crippen molar-refractivity contribution in [1.82, 2.24) is 60.2 Å². The highest BCUT2D eigenvalue weighted by atomic mass is 19.1. The lowest BCUT2D eigenvalue weighted by Crippen LogP contribution is -2.57. The zero-order valence-corrected chi connectivity index (χ0v) is 46.7. The van der Waals surface area contributed by atoms with Gasteiger partial charge < -0.3 is 35.0 Å². The number of aromatic nitrogens is 4. The van der Waals surface area contributed by atoms with Crippen LogP contribution in [0.4, 0.5) is 4.39 Å². The summed E-state index contributed by atoms with van der Waals surface area (Å²) < 4.78 is 20.8. The van der Waals surface area contributed by atoms with E-state index in [0.717, 1.165) is 96.1 Å². The number of halogens is 1. The van der Waals surface area contributed by atoms with E-state index in [0.29, 0.717) is 123 Å². The third kappa shape index (κ3) is 14.3. The molecular weight excluding hydrogens is 1030 g/mol. The van der Waals surface area contributed by atoms with Crippen LogP contribution in [0.5, 0.6) is 5.75 Å². The molecule has 20 heteroatoms. The third-order valence-electron chi connectivity index (χ3n) is 17.3. The Labute approximate surface area is 473 Å². The van der Waals surface area contributed by atoms with E-state index in [9.17, 15) is 28.8 Å². The quantitative estimate of drug-likeness (QED) is 0.107. The number of hydrogen-bond acceptors (Lipinski definition) is 13. The van der Waals surface area contributed by atoms with Crippen molar-refractivity contribution in [2.45, 2.75) is 89.6 Å². The van der Waals surface area contributed by atoms with Gasteiger partial charge in [0.1, 0.15) is 18.2 Å². The van der Waals surface area contributed by atoms with E-state index in [4.69, 9.17) is 4.74 Å². The number of nitrogens with zero attached hydrogens (tertiary/aromatic N) is 9. The lowest BCUT2D eigenvalue weighted by atomic mass is 9.83. The number of benzene rings is 3. The number of carbonyl (C=O) groups is 5. The van der Waals surface area contributed by atoms with Crippen molar-refractivity contribution in [3.63, 3.8) is 0 Å². The van der Waals surface area contributed by atoms with Crippen LogP contribution in [-0.2, 0) is 27.3 Å². The molecule has 6 heterocycles. The molecule has 1 saturated carbocycles. The first kappa shape index (κ1) is 57.1. The van der Waals surface area contributed by atoms with Gasteiger partial charge in [-0.2, -0.15) is 5.10 Å². The minimum absolute atomic E-state index is 0.00666. The van der Waals surface area contributed by atoms with Crippen LogP contribution in [0.2, 0.25) is 0 Å². The Hall–Kier alpha value is -7.16. The van der Waals surface area contributed by atoms with Crippen molar-refractivity contribution in [2.24, 2.45) is 11.8 Å². The Morgan fingerprint density at radius 2 is 1.49 bits per heavy atom. The molecule has 10 rings (SSSR count). The van der Waals surface area contributed by atoms with Crippen LogP contribution in [0.25, 0.3) is 10.8 Å². The van der Waals surface area contributed by atoms with Crippen molar-refractivity contribution in [1.29, 1.82) is 0 Å². The number of rotatable bonds is 18. The topological polar surface area (TPSA) is 210 Å². The smallest absolute Gasteiger partial charge is 0.272 e. The maximum atomic E-state index is 15.2. The van der Waals surface area contributed by atoms with E-state index in [2.05, 4.69) is 40.6 Å². The Bertz CT molecular complexity index is 3070. The summed E-state index contributed by atoms with van der Waals surface area (Å²) in [5.41, 5.74) is 3.25. The number of likely N-dealkylation sites (tertiary alicyclic amines) is 2. The maximum absolute atomic E-state index is 15.2. The second kappa shape index (κ2) is 27.1. The standard InChI is InChI=1S/C61H77FN12O7/c1-2-81-54-36-64-41-65-53(54)35-63-37-55(75)74-21-9-14-47(39-74)45-12-8-13-46(34-45)58(77)66-57(44-10-4-3-5-11-44)61(80)73-26-24-70(25-27-73)38-42-19-22-69(23-20-42)40-56(76)71-28-30-72(31-29-71)60(79)50-32-43(17-18-51(50)62)33-52-48-15-6-7-16-49(48)59(78)68-67-52/h6-8,12-13,15-18,32,34,36,41-42,44,47,57,63H,2-5,9-11,14,19-31,33,35,37-40H2,1H3,(H,66,77)(H,68,78). The molecule has 19 nitrogen and oxygen atoms in total. The number of ether oxygens (including phenoxy) is 1. The van der Waals surface area contributed by atoms with Gasteiger partial charge in [0.15, 0.2) is 5.75 Å². The van der Waals surface area contributed by atoms with Gasteiger partial charge in [-0.15, -0.1) is 0 Å². The summed E-state index contributed by atoms with van der Waals surface area (Å²) >= 11 is 0. The summed E-state index contributed by atoms with van der Waals surface area (Å²) in [4.78, 5) is 102. The summed E-state index contributed by atoms with van der Waals surface area (Å²) in [5.74, 6) is 0.0320. The highest BCUT2D eigenvalue weighted by molar-refractivity contribution is 5.98. The molecule has 430 valence electrons. The first-order valence-electron chi connectivity index (χ1n) is 29.3. The highest BCUT2D eigenvalue weighted by Crippen LogP contribution is 2.31. The minimum Gasteiger partial charge on any atom is -0.490 e. The fraction of sp³-hybridized carbons (Fsp3) is 0.525. The molecule has 0 spiro atoms. The minimum atomic E-state index is -0.610. The zero-order chi connectivity index (χ0) is 56.2. The number of carbonyl (C=O) groups excluding carboxylic acids is 5. The molecule has 2 atom stereocenters. The summed E-state index contributed by atoms with van der Waals surface area (Å²) in [7, 11) is 0. The lowest BCUT2D eigenvalue weighted by molar-refractivity contribution is -0.137. The van der Waals surface area contributed by atoms with E-state index in [-0.39, 0.29) is 53.1 Å². The van der Waals surface area contributed by atoms with Gasteiger partial charge in [-0.05, 0) is 112 Å². The zero-order valence-electron chi connectivity index (χ0n) is 46.7. The second-order valence-electron chi connectivity index (χ2n) is 22.6. The Balaban J connectivity index is 0.650. The van der Waals surface area contributed by atoms with E-state index >= 15 is 4.39 Å². The molecule has 5 aliphatic rings. The molecule has 5 aromatic rings. The molecule has 0 bridgehead atoms. The van der Waals surface area contributed by atoms with Crippen molar-refractivity contribution in [3.8, 4) is 5.75 Å². The molecule has 4 saturated heterocycles. The number of H-pyrrole nitrogens is 1. The molecular formula is C61H77FN12O7. The molecule has 0 radical (unpaired) electrons. The van der Waals surface area contributed by atoms with Crippen molar-refractivity contribution < 1.29 is 33.1 Å². The molecule has 5 amide bonds. The van der Waals surface area contributed by atoms with E-state index in [1.807, 2.05) is 53.1 Å². The van der Waals surface area contributed by atoms with E-state index in [1.165, 1.54) is 12.4 Å². The number of aromatic amines is 1. The van der Waals surface area contributed by atoms with Crippen LogP contribution in [0.15, 0.2) is 84.0 Å². The predicted octanol–water partition coefficient (Wildman–Crippen LogP) is 4.86. The number of amides is 5. The normalized spacial score (nSPS) is 19.4. The molecule has 2 unspecified atom stereocenters. The van der Waals surface area contributed by atoms with Crippen LogP contribution in [-0.4, -0.2) is 190 Å². The van der Waals surface area contributed by atoms with Gasteiger partial charge in [0, 0.05) is 102 Å². The van der Waals surface area contributed by atoms with Crippen molar-refractivity contribution in [2.75, 3.05) is 105 Å². The molecule has 1 aliphatic carbocycles. The van der Waals surface area contributed by atoms with Gasteiger partial charge in [-0.3, -0.25) is 38.6 Å². The monoisotopic (exact) mass is 1110 g/mol. The van der Waals surface area contributed by atoms with Crippen LogP contribution in [0, 0.1) is 17.7 Å². The van der Waals surface area contributed by atoms with Crippen molar-refractivity contribution >= 4 is 40.3 Å².